The first-order chi connectivity index (χ1) is 14.5. The summed E-state index contributed by atoms with van der Waals surface area (Å²) in [5.74, 6) is 0.272. The van der Waals surface area contributed by atoms with Crippen molar-refractivity contribution in [3.63, 3.8) is 0 Å². The van der Waals surface area contributed by atoms with Gasteiger partial charge in [0.25, 0.3) is 0 Å². The Morgan fingerprint density at radius 1 is 1.10 bits per heavy atom. The molecule has 0 radical (unpaired) electrons. The van der Waals surface area contributed by atoms with E-state index in [-0.39, 0.29) is 24.3 Å². The van der Waals surface area contributed by atoms with Crippen LogP contribution in [0.15, 0.2) is 67.0 Å². The molecule has 1 aromatic heterocycles. The summed E-state index contributed by atoms with van der Waals surface area (Å²) in [5.41, 5.74) is 2.87. The molecule has 1 N–H and O–H groups in total. The van der Waals surface area contributed by atoms with Gasteiger partial charge in [-0.2, -0.15) is 5.10 Å². The van der Waals surface area contributed by atoms with E-state index < -0.39 is 0 Å². The highest BCUT2D eigenvalue weighted by molar-refractivity contribution is 6.31. The molecule has 0 saturated carbocycles. The van der Waals surface area contributed by atoms with Crippen molar-refractivity contribution >= 4 is 35.3 Å². The van der Waals surface area contributed by atoms with Crippen molar-refractivity contribution in [3.05, 3.63) is 88.7 Å². The minimum atomic E-state index is -0.358. The Balaban J connectivity index is 1.51. The molecule has 0 fully saturated rings. The quantitative estimate of drug-likeness (QED) is 0.661. The van der Waals surface area contributed by atoms with Crippen LogP contribution in [0.3, 0.4) is 0 Å². The molecule has 2 amide bonds. The Morgan fingerprint density at radius 3 is 2.67 bits per heavy atom. The third kappa shape index (κ3) is 4.14. The molecular weight excluding hydrogens is 400 g/mol. The number of halogens is 1. The van der Waals surface area contributed by atoms with Gasteiger partial charge in [-0.3, -0.25) is 9.59 Å². The van der Waals surface area contributed by atoms with Gasteiger partial charge >= 0.3 is 0 Å². The average Bonchev–Trinajstić information content (AvgIpc) is 3.16. The summed E-state index contributed by atoms with van der Waals surface area (Å²) in [6.45, 7) is 1.94. The summed E-state index contributed by atoms with van der Waals surface area (Å²) >= 11 is 6.25. The normalized spacial score (nSPS) is 15.0. The summed E-state index contributed by atoms with van der Waals surface area (Å²) in [6.07, 6.45) is 5.40. The highest BCUT2D eigenvalue weighted by Crippen LogP contribution is 2.33. The number of carbonyl (C=O) groups is 2. The minimum Gasteiger partial charge on any atom is -0.311 e. The number of nitrogens with one attached hydrogen (secondary N) is 1. The Hall–Kier alpha value is -3.38. The van der Waals surface area contributed by atoms with Gasteiger partial charge < -0.3 is 10.2 Å². The van der Waals surface area contributed by atoms with Crippen LogP contribution >= 0.6 is 11.6 Å². The molecular formula is C23H21ClN4O2. The van der Waals surface area contributed by atoms with E-state index in [1.54, 1.807) is 28.0 Å². The van der Waals surface area contributed by atoms with Crippen LogP contribution in [0.2, 0.25) is 5.02 Å². The maximum Gasteiger partial charge on any atom is 0.227 e. The first-order valence-corrected chi connectivity index (χ1v) is 10.0. The molecule has 1 atom stereocenters. The van der Waals surface area contributed by atoms with E-state index in [1.807, 2.05) is 54.6 Å². The smallest absolute Gasteiger partial charge is 0.227 e. The van der Waals surface area contributed by atoms with E-state index >= 15 is 0 Å². The van der Waals surface area contributed by atoms with Crippen molar-refractivity contribution < 1.29 is 9.59 Å². The average molecular weight is 421 g/mol. The van der Waals surface area contributed by atoms with Crippen LogP contribution in [-0.4, -0.2) is 26.5 Å². The number of anilines is 1. The van der Waals surface area contributed by atoms with Gasteiger partial charge in [-0.15, -0.1) is 0 Å². The molecule has 3 aromatic rings. The first-order valence-electron chi connectivity index (χ1n) is 9.64. The van der Waals surface area contributed by atoms with Crippen molar-refractivity contribution in [2.24, 2.45) is 0 Å². The molecule has 1 unspecified atom stereocenters. The van der Waals surface area contributed by atoms with Crippen LogP contribution in [0.1, 0.15) is 36.1 Å². The predicted octanol–water partition coefficient (Wildman–Crippen LogP) is 4.49. The highest BCUT2D eigenvalue weighted by atomic mass is 35.5. The lowest BCUT2D eigenvalue weighted by atomic mass is 9.93. The molecule has 4 rings (SSSR count). The fraction of sp³-hybridized carbons (Fsp3) is 0.174. The van der Waals surface area contributed by atoms with Crippen molar-refractivity contribution in [1.29, 1.82) is 0 Å². The molecule has 1 aliphatic rings. The van der Waals surface area contributed by atoms with E-state index in [9.17, 15) is 9.59 Å². The molecule has 1 aliphatic heterocycles. The van der Waals surface area contributed by atoms with Crippen LogP contribution in [0.25, 0.3) is 6.08 Å². The Morgan fingerprint density at radius 2 is 1.87 bits per heavy atom. The number of nitrogens with zero attached hydrogens (tertiary/aromatic N) is 3. The van der Waals surface area contributed by atoms with E-state index in [4.69, 9.17) is 11.6 Å². The summed E-state index contributed by atoms with van der Waals surface area (Å²) in [7, 11) is 0. The summed E-state index contributed by atoms with van der Waals surface area (Å²) < 4.78 is 1.69. The van der Waals surface area contributed by atoms with E-state index in [0.717, 1.165) is 16.7 Å². The van der Waals surface area contributed by atoms with Crippen molar-refractivity contribution in [2.45, 2.75) is 25.9 Å². The number of amides is 2. The molecule has 30 heavy (non-hydrogen) atoms. The van der Waals surface area contributed by atoms with Crippen LogP contribution in [-0.2, 0) is 16.1 Å². The zero-order valence-corrected chi connectivity index (χ0v) is 17.2. The Bertz CT molecular complexity index is 1120. The van der Waals surface area contributed by atoms with Gasteiger partial charge in [0.15, 0.2) is 0 Å². The third-order valence-electron chi connectivity index (χ3n) is 5.11. The second kappa shape index (κ2) is 8.55. The van der Waals surface area contributed by atoms with Gasteiger partial charge in [0.05, 0.1) is 25.2 Å². The fourth-order valence-electron chi connectivity index (χ4n) is 3.64. The predicted molar refractivity (Wildman–Crippen MR) is 117 cm³/mol. The molecule has 0 spiro atoms. The number of fused-ring (bicyclic) bond motifs is 1. The summed E-state index contributed by atoms with van der Waals surface area (Å²) in [5, 5.41) is 7.87. The number of carbonyl (C=O) groups excluding carboxylic acids is 2. The maximum atomic E-state index is 12.9. The molecule has 2 aromatic carbocycles. The number of aromatic nitrogens is 2. The van der Waals surface area contributed by atoms with Crippen molar-refractivity contribution in [1.82, 2.24) is 14.7 Å². The molecule has 7 heteroatoms. The van der Waals surface area contributed by atoms with Gasteiger partial charge in [0, 0.05) is 24.2 Å². The van der Waals surface area contributed by atoms with Gasteiger partial charge in [0.2, 0.25) is 11.8 Å². The highest BCUT2D eigenvalue weighted by Gasteiger charge is 2.28. The second-order valence-electron chi connectivity index (χ2n) is 7.10. The van der Waals surface area contributed by atoms with Gasteiger partial charge in [-0.25, -0.2) is 4.68 Å². The second-order valence-corrected chi connectivity index (χ2v) is 7.51. The topological polar surface area (TPSA) is 67.2 Å². The van der Waals surface area contributed by atoms with E-state index in [2.05, 4.69) is 10.4 Å². The number of rotatable bonds is 5. The number of benzene rings is 2. The van der Waals surface area contributed by atoms with Crippen LogP contribution in [0, 0.1) is 0 Å². The lowest BCUT2D eigenvalue weighted by Crippen LogP contribution is -2.33. The van der Waals surface area contributed by atoms with Crippen LogP contribution in [0.4, 0.5) is 5.82 Å². The minimum absolute atomic E-state index is 0.109. The molecule has 152 valence electrons. The van der Waals surface area contributed by atoms with Gasteiger partial charge in [0.1, 0.15) is 5.82 Å². The maximum absolute atomic E-state index is 12.9. The standard InChI is InChI=1S/C23H21ClN4O2/c1-16(29)27-13-11-17-6-2-4-8-19(17)21(27)14-23(30)26-22-10-12-25-28(22)15-18-7-3-5-9-20(18)24/h2-13,21H,14-15H2,1H3,(H,26,30). The molecule has 2 heterocycles. The number of hydrogen-bond acceptors (Lipinski definition) is 3. The SMILES string of the molecule is CC(=O)N1C=Cc2ccccc2C1CC(=O)Nc1ccnn1Cc1ccccc1Cl. The Kier molecular flexibility index (Phi) is 5.68. The van der Waals surface area contributed by atoms with Gasteiger partial charge in [-0.05, 0) is 28.8 Å². The molecule has 6 nitrogen and oxygen atoms in total. The molecule has 0 saturated heterocycles. The van der Waals surface area contributed by atoms with Crippen molar-refractivity contribution in [3.8, 4) is 0 Å². The summed E-state index contributed by atoms with van der Waals surface area (Å²) in [4.78, 5) is 26.6. The molecule has 0 aliphatic carbocycles. The first kappa shape index (κ1) is 19.9. The summed E-state index contributed by atoms with van der Waals surface area (Å²) in [6, 6.07) is 16.7. The fourth-order valence-corrected chi connectivity index (χ4v) is 3.83. The Labute approximate surface area is 179 Å². The third-order valence-corrected chi connectivity index (χ3v) is 5.48. The molecule has 0 bridgehead atoms. The lowest BCUT2D eigenvalue weighted by molar-refractivity contribution is -0.129. The van der Waals surface area contributed by atoms with Crippen molar-refractivity contribution in [2.75, 3.05) is 5.32 Å². The lowest BCUT2D eigenvalue weighted by Gasteiger charge is -2.32. The van der Waals surface area contributed by atoms with Crippen LogP contribution in [0.5, 0.6) is 0 Å². The van der Waals surface area contributed by atoms with E-state index in [1.165, 1.54) is 6.92 Å². The largest absolute Gasteiger partial charge is 0.311 e. The van der Waals surface area contributed by atoms with E-state index in [0.29, 0.717) is 17.4 Å². The zero-order valence-electron chi connectivity index (χ0n) is 16.5. The monoisotopic (exact) mass is 420 g/mol. The van der Waals surface area contributed by atoms with Crippen LogP contribution < -0.4 is 5.32 Å². The number of hydrogen-bond donors (Lipinski definition) is 1. The zero-order chi connectivity index (χ0) is 21.1. The van der Waals surface area contributed by atoms with Gasteiger partial charge in [-0.1, -0.05) is 54.1 Å².